The standard InChI is InChI=1S/C13H24N2O3S/c1-4-11(5-2)9-15-19(16,17)13-8-7-12(18-13)10-14-6-3/h7-8,11,14-15H,4-6,9-10H2,1-3H3. The summed E-state index contributed by atoms with van der Waals surface area (Å²) in [5.41, 5.74) is 0. The van der Waals surface area contributed by atoms with Crippen molar-refractivity contribution in [2.45, 2.75) is 45.2 Å². The molecule has 19 heavy (non-hydrogen) atoms. The van der Waals surface area contributed by atoms with Crippen LogP contribution < -0.4 is 10.0 Å². The smallest absolute Gasteiger partial charge is 0.273 e. The fourth-order valence-electron chi connectivity index (χ4n) is 1.72. The Morgan fingerprint density at radius 3 is 2.47 bits per heavy atom. The highest BCUT2D eigenvalue weighted by atomic mass is 32.2. The van der Waals surface area contributed by atoms with Crippen molar-refractivity contribution in [1.82, 2.24) is 10.0 Å². The van der Waals surface area contributed by atoms with Crippen LogP contribution in [0.15, 0.2) is 21.6 Å². The number of hydrogen-bond donors (Lipinski definition) is 2. The fraction of sp³-hybridized carbons (Fsp3) is 0.692. The van der Waals surface area contributed by atoms with Gasteiger partial charge in [-0.25, -0.2) is 13.1 Å². The van der Waals surface area contributed by atoms with Crippen molar-refractivity contribution in [1.29, 1.82) is 0 Å². The van der Waals surface area contributed by atoms with Gasteiger partial charge in [-0.15, -0.1) is 0 Å². The Morgan fingerprint density at radius 1 is 1.21 bits per heavy atom. The van der Waals surface area contributed by atoms with Crippen LogP contribution >= 0.6 is 0 Å². The zero-order valence-corrected chi connectivity index (χ0v) is 12.7. The molecule has 0 aliphatic carbocycles. The molecule has 1 aromatic rings. The van der Waals surface area contributed by atoms with Gasteiger partial charge in [-0.1, -0.05) is 33.6 Å². The molecule has 1 heterocycles. The van der Waals surface area contributed by atoms with Gasteiger partial charge in [0.25, 0.3) is 10.0 Å². The average Bonchev–Trinajstić information content (AvgIpc) is 2.87. The molecular weight excluding hydrogens is 264 g/mol. The van der Waals surface area contributed by atoms with Crippen molar-refractivity contribution in [3.8, 4) is 0 Å². The number of furan rings is 1. The van der Waals surface area contributed by atoms with Crippen LogP contribution in [0.3, 0.4) is 0 Å². The third-order valence-corrected chi connectivity index (χ3v) is 4.46. The molecule has 0 atom stereocenters. The first kappa shape index (κ1) is 16.2. The minimum absolute atomic E-state index is 0.00800. The van der Waals surface area contributed by atoms with Crippen LogP contribution in [-0.4, -0.2) is 21.5 Å². The lowest BCUT2D eigenvalue weighted by molar-refractivity contribution is 0.398. The summed E-state index contributed by atoms with van der Waals surface area (Å²) in [5.74, 6) is 0.996. The fourth-order valence-corrected chi connectivity index (χ4v) is 2.78. The molecule has 0 saturated carbocycles. The van der Waals surface area contributed by atoms with E-state index >= 15 is 0 Å². The first-order valence-electron chi connectivity index (χ1n) is 6.82. The van der Waals surface area contributed by atoms with Gasteiger partial charge in [0.2, 0.25) is 5.09 Å². The van der Waals surface area contributed by atoms with Gasteiger partial charge in [0.05, 0.1) is 6.54 Å². The summed E-state index contributed by atoms with van der Waals surface area (Å²) in [7, 11) is -3.52. The molecule has 5 nitrogen and oxygen atoms in total. The zero-order valence-electron chi connectivity index (χ0n) is 11.9. The minimum Gasteiger partial charge on any atom is -0.447 e. The van der Waals surface area contributed by atoms with E-state index in [0.29, 0.717) is 24.8 Å². The van der Waals surface area contributed by atoms with Crippen LogP contribution in [-0.2, 0) is 16.6 Å². The van der Waals surface area contributed by atoms with Crippen LogP contribution in [0.25, 0.3) is 0 Å². The highest BCUT2D eigenvalue weighted by Gasteiger charge is 2.19. The van der Waals surface area contributed by atoms with Crippen molar-refractivity contribution >= 4 is 10.0 Å². The predicted molar refractivity (Wildman–Crippen MR) is 75.3 cm³/mol. The average molecular weight is 288 g/mol. The second-order valence-electron chi connectivity index (χ2n) is 4.54. The molecule has 0 spiro atoms. The van der Waals surface area contributed by atoms with Gasteiger partial charge in [0, 0.05) is 6.54 Å². The normalized spacial score (nSPS) is 12.2. The first-order valence-corrected chi connectivity index (χ1v) is 8.30. The SMILES string of the molecule is CCNCc1ccc(S(=O)(=O)NCC(CC)CC)o1. The van der Waals surface area contributed by atoms with Gasteiger partial charge < -0.3 is 9.73 Å². The Hall–Kier alpha value is -0.850. The minimum atomic E-state index is -3.52. The van der Waals surface area contributed by atoms with E-state index in [1.54, 1.807) is 6.07 Å². The van der Waals surface area contributed by atoms with E-state index in [-0.39, 0.29) is 5.09 Å². The van der Waals surface area contributed by atoms with Crippen molar-refractivity contribution < 1.29 is 12.8 Å². The molecule has 0 unspecified atom stereocenters. The summed E-state index contributed by atoms with van der Waals surface area (Å²) in [6, 6.07) is 3.19. The van der Waals surface area contributed by atoms with E-state index in [9.17, 15) is 8.42 Å². The molecule has 0 fully saturated rings. The Balaban J connectivity index is 2.64. The number of sulfonamides is 1. The Bertz CT molecular complexity index is 464. The van der Waals surface area contributed by atoms with E-state index < -0.39 is 10.0 Å². The van der Waals surface area contributed by atoms with E-state index in [4.69, 9.17) is 4.42 Å². The third-order valence-electron chi connectivity index (χ3n) is 3.17. The van der Waals surface area contributed by atoms with Crippen LogP contribution in [0, 0.1) is 5.92 Å². The summed E-state index contributed by atoms with van der Waals surface area (Å²) in [5, 5.41) is 3.08. The largest absolute Gasteiger partial charge is 0.447 e. The zero-order chi connectivity index (χ0) is 14.3. The van der Waals surface area contributed by atoms with Gasteiger partial charge in [0.1, 0.15) is 5.76 Å². The van der Waals surface area contributed by atoms with Crippen molar-refractivity contribution in [2.75, 3.05) is 13.1 Å². The first-order chi connectivity index (χ1) is 9.03. The van der Waals surface area contributed by atoms with E-state index in [1.807, 2.05) is 6.92 Å². The molecule has 1 aromatic heterocycles. The molecule has 0 aliphatic heterocycles. The molecule has 0 bridgehead atoms. The topological polar surface area (TPSA) is 71.3 Å². The van der Waals surface area contributed by atoms with Crippen molar-refractivity contribution in [2.24, 2.45) is 5.92 Å². The van der Waals surface area contributed by atoms with E-state index in [0.717, 1.165) is 19.4 Å². The Kier molecular flexibility index (Phi) is 6.54. The molecule has 1 rings (SSSR count). The molecule has 0 radical (unpaired) electrons. The maximum Gasteiger partial charge on any atom is 0.273 e. The van der Waals surface area contributed by atoms with Gasteiger partial charge >= 0.3 is 0 Å². The summed E-state index contributed by atoms with van der Waals surface area (Å²) in [6.45, 7) is 7.92. The van der Waals surface area contributed by atoms with Gasteiger partial charge in [0.15, 0.2) is 0 Å². The summed E-state index contributed by atoms with van der Waals surface area (Å²) < 4.78 is 32.0. The van der Waals surface area contributed by atoms with E-state index in [2.05, 4.69) is 23.9 Å². The Labute approximate surface area is 115 Å². The van der Waals surface area contributed by atoms with E-state index in [1.165, 1.54) is 6.07 Å². The molecule has 0 aromatic carbocycles. The number of rotatable bonds is 9. The molecule has 0 aliphatic rings. The predicted octanol–water partition coefficient (Wildman–Crippen LogP) is 2.10. The monoisotopic (exact) mass is 288 g/mol. The van der Waals surface area contributed by atoms with Gasteiger partial charge in [-0.2, -0.15) is 0 Å². The molecule has 0 amide bonds. The second kappa shape index (κ2) is 7.67. The van der Waals surface area contributed by atoms with Gasteiger partial charge in [-0.05, 0) is 24.6 Å². The van der Waals surface area contributed by atoms with Crippen LogP contribution in [0.5, 0.6) is 0 Å². The lowest BCUT2D eigenvalue weighted by Gasteiger charge is -2.12. The van der Waals surface area contributed by atoms with Crippen molar-refractivity contribution in [3.63, 3.8) is 0 Å². The molecular formula is C13H24N2O3S. The number of hydrogen-bond acceptors (Lipinski definition) is 4. The second-order valence-corrected chi connectivity index (χ2v) is 6.23. The highest BCUT2D eigenvalue weighted by molar-refractivity contribution is 7.89. The summed E-state index contributed by atoms with van der Waals surface area (Å²) in [6.07, 6.45) is 1.92. The quantitative estimate of drug-likeness (QED) is 0.730. The van der Waals surface area contributed by atoms with Gasteiger partial charge in [-0.3, -0.25) is 0 Å². The summed E-state index contributed by atoms with van der Waals surface area (Å²) in [4.78, 5) is 0. The Morgan fingerprint density at radius 2 is 1.89 bits per heavy atom. The highest BCUT2D eigenvalue weighted by Crippen LogP contribution is 2.14. The number of nitrogens with one attached hydrogen (secondary N) is 2. The lowest BCUT2D eigenvalue weighted by Crippen LogP contribution is -2.28. The molecule has 2 N–H and O–H groups in total. The molecule has 110 valence electrons. The lowest BCUT2D eigenvalue weighted by atomic mass is 10.0. The van der Waals surface area contributed by atoms with Crippen LogP contribution in [0.4, 0.5) is 0 Å². The molecule has 0 saturated heterocycles. The van der Waals surface area contributed by atoms with Crippen LogP contribution in [0.2, 0.25) is 0 Å². The molecule has 6 heteroatoms. The van der Waals surface area contributed by atoms with Crippen LogP contribution in [0.1, 0.15) is 39.4 Å². The van der Waals surface area contributed by atoms with Crippen molar-refractivity contribution in [3.05, 3.63) is 17.9 Å². The maximum absolute atomic E-state index is 12.0. The summed E-state index contributed by atoms with van der Waals surface area (Å²) >= 11 is 0. The maximum atomic E-state index is 12.0. The third kappa shape index (κ3) is 4.97.